The summed E-state index contributed by atoms with van der Waals surface area (Å²) in [6.07, 6.45) is 4.45. The summed E-state index contributed by atoms with van der Waals surface area (Å²) in [5.74, 6) is 1.12. The van der Waals surface area contributed by atoms with Crippen molar-refractivity contribution in [3.8, 4) is 6.07 Å². The highest BCUT2D eigenvalue weighted by Crippen LogP contribution is 2.39. The van der Waals surface area contributed by atoms with Gasteiger partial charge in [0.05, 0.1) is 18.3 Å². The average molecular weight is 328 g/mol. The molecule has 7 heteroatoms. The largest absolute Gasteiger partial charge is 0.362 e. The first kappa shape index (κ1) is 16.7. The molecule has 128 valence electrons. The molecule has 1 aromatic heterocycles. The lowest BCUT2D eigenvalue weighted by atomic mass is 9.98. The van der Waals surface area contributed by atoms with Crippen LogP contribution in [0, 0.1) is 17.2 Å². The van der Waals surface area contributed by atoms with Crippen molar-refractivity contribution >= 4 is 11.7 Å². The van der Waals surface area contributed by atoms with Crippen molar-refractivity contribution < 1.29 is 4.79 Å². The van der Waals surface area contributed by atoms with Crippen molar-refractivity contribution in [2.24, 2.45) is 5.92 Å². The summed E-state index contributed by atoms with van der Waals surface area (Å²) in [4.78, 5) is 25.2. The van der Waals surface area contributed by atoms with Crippen LogP contribution in [0.25, 0.3) is 0 Å². The van der Waals surface area contributed by atoms with Crippen LogP contribution in [0.3, 0.4) is 0 Å². The third-order valence-electron chi connectivity index (χ3n) is 4.87. The van der Waals surface area contributed by atoms with Gasteiger partial charge in [-0.1, -0.05) is 0 Å². The van der Waals surface area contributed by atoms with Crippen molar-refractivity contribution in [2.75, 3.05) is 32.1 Å². The Bertz CT molecular complexity index is 678. The van der Waals surface area contributed by atoms with Crippen LogP contribution in [0.2, 0.25) is 0 Å². The number of aromatic nitrogens is 2. The minimum Gasteiger partial charge on any atom is -0.362 e. The molecule has 1 fully saturated rings. The predicted octanol–water partition coefficient (Wildman–Crippen LogP) is 0.709. The molecule has 0 spiro atoms. The molecule has 0 saturated heterocycles. The Morgan fingerprint density at radius 1 is 1.50 bits per heavy atom. The fourth-order valence-corrected chi connectivity index (χ4v) is 3.32. The Labute approximate surface area is 142 Å². The van der Waals surface area contributed by atoms with Gasteiger partial charge in [0, 0.05) is 39.2 Å². The Balaban J connectivity index is 1.66. The topological polar surface area (TPSA) is 85.2 Å². The molecule has 1 atom stereocenters. The van der Waals surface area contributed by atoms with Crippen molar-refractivity contribution in [1.29, 1.82) is 5.26 Å². The van der Waals surface area contributed by atoms with E-state index in [9.17, 15) is 10.1 Å². The van der Waals surface area contributed by atoms with Gasteiger partial charge in [-0.05, 0) is 25.7 Å². The second kappa shape index (κ2) is 6.36. The highest BCUT2D eigenvalue weighted by atomic mass is 16.2. The molecule has 0 bridgehead atoms. The summed E-state index contributed by atoms with van der Waals surface area (Å²) in [5.41, 5.74) is 1.42. The molecule has 0 radical (unpaired) electrons. The third kappa shape index (κ3) is 3.34. The van der Waals surface area contributed by atoms with Gasteiger partial charge >= 0.3 is 0 Å². The minimum absolute atomic E-state index is 0.0855. The molecule has 3 rings (SSSR count). The van der Waals surface area contributed by atoms with E-state index in [0.29, 0.717) is 19.0 Å². The molecule has 1 unspecified atom stereocenters. The summed E-state index contributed by atoms with van der Waals surface area (Å²) in [6.45, 7) is 3.57. The highest BCUT2D eigenvalue weighted by Gasteiger charge is 2.43. The van der Waals surface area contributed by atoms with E-state index in [1.165, 1.54) is 0 Å². The van der Waals surface area contributed by atoms with Gasteiger partial charge in [-0.3, -0.25) is 9.69 Å². The van der Waals surface area contributed by atoms with Crippen LogP contribution >= 0.6 is 0 Å². The SMILES string of the molecule is CN(C)c1ncnc2c1CN(CC(=O)NC(C)(C#N)C1CC1)CC2. The van der Waals surface area contributed by atoms with Crippen LogP contribution in [0.4, 0.5) is 5.82 Å². The van der Waals surface area contributed by atoms with Gasteiger partial charge in [0.25, 0.3) is 0 Å². The first-order chi connectivity index (χ1) is 11.4. The highest BCUT2D eigenvalue weighted by molar-refractivity contribution is 5.79. The predicted molar refractivity (Wildman–Crippen MR) is 90.2 cm³/mol. The molecule has 1 aliphatic heterocycles. The van der Waals surface area contributed by atoms with Crippen LogP contribution in [-0.4, -0.2) is 53.5 Å². The van der Waals surface area contributed by atoms with Gasteiger partial charge in [0.15, 0.2) is 0 Å². The zero-order valence-corrected chi connectivity index (χ0v) is 14.5. The number of anilines is 1. The fraction of sp³-hybridized carbons (Fsp3) is 0.647. The molecular weight excluding hydrogens is 304 g/mol. The molecule has 1 aromatic rings. The Kier molecular flexibility index (Phi) is 4.41. The first-order valence-corrected chi connectivity index (χ1v) is 8.37. The van der Waals surface area contributed by atoms with Crippen LogP contribution in [0.5, 0.6) is 0 Å². The van der Waals surface area contributed by atoms with Crippen LogP contribution in [0.15, 0.2) is 6.33 Å². The Morgan fingerprint density at radius 2 is 2.25 bits per heavy atom. The van der Waals surface area contributed by atoms with Crippen molar-refractivity contribution in [2.45, 2.75) is 38.3 Å². The fourth-order valence-electron chi connectivity index (χ4n) is 3.32. The molecule has 0 aromatic carbocycles. The standard InChI is InChI=1S/C17H24N6O/c1-17(10-18,12-4-5-12)21-15(24)9-23-7-6-14-13(8-23)16(22(2)3)20-11-19-14/h11-12H,4-9H2,1-3H3,(H,21,24). The molecule has 7 nitrogen and oxygen atoms in total. The Morgan fingerprint density at radius 3 is 2.88 bits per heavy atom. The quantitative estimate of drug-likeness (QED) is 0.857. The number of hydrogen-bond donors (Lipinski definition) is 1. The Hall–Kier alpha value is -2.20. The van der Waals surface area contributed by atoms with E-state index in [2.05, 4.69) is 26.3 Å². The van der Waals surface area contributed by atoms with E-state index in [1.807, 2.05) is 25.9 Å². The lowest BCUT2D eigenvalue weighted by Crippen LogP contribution is -2.50. The lowest BCUT2D eigenvalue weighted by molar-refractivity contribution is -0.123. The number of fused-ring (bicyclic) bond motifs is 1. The van der Waals surface area contributed by atoms with Crippen molar-refractivity contribution in [1.82, 2.24) is 20.2 Å². The number of carbonyl (C=O) groups excluding carboxylic acids is 1. The van der Waals surface area contributed by atoms with Gasteiger partial charge in [0.1, 0.15) is 17.7 Å². The molecule has 2 heterocycles. The summed E-state index contributed by atoms with van der Waals surface area (Å²) >= 11 is 0. The van der Waals surface area contributed by atoms with Gasteiger partial charge in [-0.2, -0.15) is 5.26 Å². The molecular formula is C17H24N6O. The third-order valence-corrected chi connectivity index (χ3v) is 4.87. The first-order valence-electron chi connectivity index (χ1n) is 8.37. The second-order valence-electron chi connectivity index (χ2n) is 7.11. The van der Waals surface area contributed by atoms with Gasteiger partial charge in [-0.25, -0.2) is 9.97 Å². The van der Waals surface area contributed by atoms with Crippen LogP contribution < -0.4 is 10.2 Å². The summed E-state index contributed by atoms with van der Waals surface area (Å²) in [6, 6.07) is 2.27. The van der Waals surface area contributed by atoms with E-state index >= 15 is 0 Å². The summed E-state index contributed by atoms with van der Waals surface area (Å²) in [7, 11) is 3.92. The molecule has 1 amide bonds. The molecule has 24 heavy (non-hydrogen) atoms. The number of rotatable bonds is 5. The average Bonchev–Trinajstić information content (AvgIpc) is 3.39. The van der Waals surface area contributed by atoms with Crippen molar-refractivity contribution in [3.63, 3.8) is 0 Å². The van der Waals surface area contributed by atoms with E-state index in [4.69, 9.17) is 0 Å². The molecule has 2 aliphatic rings. The van der Waals surface area contributed by atoms with E-state index in [-0.39, 0.29) is 5.91 Å². The zero-order valence-electron chi connectivity index (χ0n) is 14.5. The smallest absolute Gasteiger partial charge is 0.235 e. The van der Waals surface area contributed by atoms with E-state index in [0.717, 1.165) is 42.9 Å². The van der Waals surface area contributed by atoms with Crippen LogP contribution in [0.1, 0.15) is 31.0 Å². The maximum absolute atomic E-state index is 12.4. The normalized spacial score (nSPS) is 19.8. The number of amides is 1. The number of hydrogen-bond acceptors (Lipinski definition) is 6. The molecule has 1 aliphatic carbocycles. The monoisotopic (exact) mass is 328 g/mol. The molecule has 1 N–H and O–H groups in total. The summed E-state index contributed by atoms with van der Waals surface area (Å²) in [5, 5.41) is 12.3. The number of carbonyl (C=O) groups is 1. The maximum Gasteiger partial charge on any atom is 0.235 e. The number of nitriles is 1. The minimum atomic E-state index is -0.733. The maximum atomic E-state index is 12.4. The number of nitrogens with one attached hydrogen (secondary N) is 1. The zero-order chi connectivity index (χ0) is 17.3. The second-order valence-corrected chi connectivity index (χ2v) is 7.11. The van der Waals surface area contributed by atoms with Gasteiger partial charge in [-0.15, -0.1) is 0 Å². The van der Waals surface area contributed by atoms with Crippen molar-refractivity contribution in [3.05, 3.63) is 17.6 Å². The molecule has 1 saturated carbocycles. The number of nitrogens with zero attached hydrogens (tertiary/aromatic N) is 5. The summed E-state index contributed by atoms with van der Waals surface area (Å²) < 4.78 is 0. The van der Waals surface area contributed by atoms with E-state index < -0.39 is 5.54 Å². The van der Waals surface area contributed by atoms with E-state index in [1.54, 1.807) is 6.33 Å². The van der Waals surface area contributed by atoms with Gasteiger partial charge in [0.2, 0.25) is 5.91 Å². The lowest BCUT2D eigenvalue weighted by Gasteiger charge is -2.31. The van der Waals surface area contributed by atoms with Gasteiger partial charge < -0.3 is 10.2 Å². The van der Waals surface area contributed by atoms with Crippen LogP contribution in [-0.2, 0) is 17.8 Å².